The second kappa shape index (κ2) is 9.30. The van der Waals surface area contributed by atoms with Crippen LogP contribution in [0.2, 0.25) is 0 Å². The van der Waals surface area contributed by atoms with E-state index >= 15 is 0 Å². The lowest BCUT2D eigenvalue weighted by atomic mass is 10.1. The maximum Gasteiger partial charge on any atom is 0.363 e. The molecule has 0 N–H and O–H groups in total. The summed E-state index contributed by atoms with van der Waals surface area (Å²) in [5.41, 5.74) is 3.94. The minimum absolute atomic E-state index is 0.247. The first-order valence-electron chi connectivity index (χ1n) is 10.2. The predicted molar refractivity (Wildman–Crippen MR) is 120 cm³/mol. The average Bonchev–Trinajstić information content (AvgIpc) is 3.14. The highest BCUT2D eigenvalue weighted by molar-refractivity contribution is 6.12. The third kappa shape index (κ3) is 5.01. The van der Waals surface area contributed by atoms with Crippen molar-refractivity contribution in [2.45, 2.75) is 20.5 Å². The van der Waals surface area contributed by atoms with Gasteiger partial charge in [0.2, 0.25) is 5.90 Å². The quantitative estimate of drug-likeness (QED) is 0.389. The van der Waals surface area contributed by atoms with Gasteiger partial charge in [0.25, 0.3) is 0 Å². The van der Waals surface area contributed by atoms with Crippen LogP contribution in [-0.2, 0) is 16.1 Å². The Morgan fingerprint density at radius 2 is 1.77 bits per heavy atom. The van der Waals surface area contributed by atoms with Gasteiger partial charge in [-0.1, -0.05) is 54.1 Å². The number of rotatable bonds is 7. The molecule has 0 aliphatic carbocycles. The lowest BCUT2D eigenvalue weighted by molar-refractivity contribution is -0.129. The van der Waals surface area contributed by atoms with Gasteiger partial charge in [0.1, 0.15) is 6.61 Å². The number of esters is 1. The molecule has 5 nitrogen and oxygen atoms in total. The van der Waals surface area contributed by atoms with Crippen LogP contribution in [0.4, 0.5) is 0 Å². The molecule has 0 unspecified atom stereocenters. The molecule has 1 aliphatic rings. The summed E-state index contributed by atoms with van der Waals surface area (Å²) in [4.78, 5) is 16.7. The Morgan fingerprint density at radius 3 is 2.55 bits per heavy atom. The number of nitrogens with zero attached hydrogens (tertiary/aromatic N) is 1. The number of hydrogen-bond acceptors (Lipinski definition) is 5. The van der Waals surface area contributed by atoms with E-state index in [4.69, 9.17) is 14.2 Å². The van der Waals surface area contributed by atoms with Crippen molar-refractivity contribution in [1.29, 1.82) is 0 Å². The van der Waals surface area contributed by atoms with Gasteiger partial charge in [-0.25, -0.2) is 9.79 Å². The Labute approximate surface area is 181 Å². The van der Waals surface area contributed by atoms with E-state index in [1.165, 1.54) is 0 Å². The van der Waals surface area contributed by atoms with Gasteiger partial charge < -0.3 is 14.2 Å². The van der Waals surface area contributed by atoms with Gasteiger partial charge in [-0.15, -0.1) is 0 Å². The van der Waals surface area contributed by atoms with Gasteiger partial charge in [0.05, 0.1) is 6.61 Å². The van der Waals surface area contributed by atoms with Crippen LogP contribution >= 0.6 is 0 Å². The fraction of sp³-hybridized carbons (Fsp3) is 0.154. The minimum Gasteiger partial charge on any atom is -0.490 e. The molecular weight excluding hydrogens is 390 g/mol. The van der Waals surface area contributed by atoms with Gasteiger partial charge in [-0.2, -0.15) is 0 Å². The zero-order chi connectivity index (χ0) is 21.6. The van der Waals surface area contributed by atoms with Crippen molar-refractivity contribution >= 4 is 17.9 Å². The van der Waals surface area contributed by atoms with E-state index < -0.39 is 5.97 Å². The molecule has 1 heterocycles. The van der Waals surface area contributed by atoms with E-state index in [9.17, 15) is 4.79 Å². The molecule has 3 aromatic rings. The van der Waals surface area contributed by atoms with Crippen LogP contribution in [-0.4, -0.2) is 18.5 Å². The second-order valence-electron chi connectivity index (χ2n) is 7.12. The lowest BCUT2D eigenvalue weighted by Crippen LogP contribution is -2.05. The summed E-state index contributed by atoms with van der Waals surface area (Å²) in [6.07, 6.45) is 1.69. The summed E-state index contributed by atoms with van der Waals surface area (Å²) in [5, 5.41) is 0. The molecule has 5 heteroatoms. The molecule has 0 aromatic heterocycles. The zero-order valence-corrected chi connectivity index (χ0v) is 17.5. The Bertz CT molecular complexity index is 1150. The van der Waals surface area contributed by atoms with Crippen molar-refractivity contribution < 1.29 is 19.0 Å². The highest BCUT2D eigenvalue weighted by Gasteiger charge is 2.24. The standard InChI is InChI=1S/C26H23NO4/c1-3-29-24-16-20(12-13-23(24)30-17-19-9-5-4-6-10-19)15-22-26(28)31-25(27-22)21-11-7-8-18(2)14-21/h4-16H,3,17H2,1-2H3/b22-15-. The third-order valence-electron chi connectivity index (χ3n) is 4.69. The summed E-state index contributed by atoms with van der Waals surface area (Å²) in [7, 11) is 0. The molecule has 0 saturated carbocycles. The molecule has 156 valence electrons. The zero-order valence-electron chi connectivity index (χ0n) is 17.5. The first-order valence-corrected chi connectivity index (χ1v) is 10.2. The lowest BCUT2D eigenvalue weighted by Gasteiger charge is -2.12. The largest absolute Gasteiger partial charge is 0.490 e. The summed E-state index contributed by atoms with van der Waals surface area (Å²) in [6.45, 7) is 4.84. The van der Waals surface area contributed by atoms with Gasteiger partial charge in [0.15, 0.2) is 17.2 Å². The first kappa shape index (κ1) is 20.4. The van der Waals surface area contributed by atoms with Crippen LogP contribution in [0.5, 0.6) is 11.5 Å². The van der Waals surface area contributed by atoms with Crippen molar-refractivity contribution in [3.8, 4) is 11.5 Å². The summed E-state index contributed by atoms with van der Waals surface area (Å²) >= 11 is 0. The molecule has 31 heavy (non-hydrogen) atoms. The Hall–Kier alpha value is -3.86. The van der Waals surface area contributed by atoms with Gasteiger partial charge >= 0.3 is 5.97 Å². The molecule has 3 aromatic carbocycles. The molecule has 1 aliphatic heterocycles. The number of cyclic esters (lactones) is 1. The number of carbonyl (C=O) groups is 1. The Balaban J connectivity index is 1.57. The van der Waals surface area contributed by atoms with Crippen molar-refractivity contribution in [3.05, 3.63) is 101 Å². The van der Waals surface area contributed by atoms with Gasteiger partial charge in [0, 0.05) is 5.56 Å². The molecular formula is C26H23NO4. The van der Waals surface area contributed by atoms with Gasteiger partial charge in [-0.3, -0.25) is 0 Å². The number of aliphatic imine (C=N–C) groups is 1. The fourth-order valence-electron chi connectivity index (χ4n) is 3.21. The van der Waals surface area contributed by atoms with Crippen LogP contribution in [0.25, 0.3) is 6.08 Å². The van der Waals surface area contributed by atoms with E-state index in [2.05, 4.69) is 4.99 Å². The predicted octanol–water partition coefficient (Wildman–Crippen LogP) is 5.32. The van der Waals surface area contributed by atoms with E-state index in [1.54, 1.807) is 6.08 Å². The van der Waals surface area contributed by atoms with Crippen molar-refractivity contribution in [3.63, 3.8) is 0 Å². The number of hydrogen-bond donors (Lipinski definition) is 0. The van der Waals surface area contributed by atoms with E-state index in [0.29, 0.717) is 30.6 Å². The Morgan fingerprint density at radius 1 is 0.935 bits per heavy atom. The molecule has 4 rings (SSSR count). The van der Waals surface area contributed by atoms with Crippen LogP contribution in [0.1, 0.15) is 29.2 Å². The monoisotopic (exact) mass is 413 g/mol. The number of benzene rings is 3. The van der Waals surface area contributed by atoms with Crippen LogP contribution < -0.4 is 9.47 Å². The van der Waals surface area contributed by atoms with Crippen molar-refractivity contribution in [1.82, 2.24) is 0 Å². The van der Waals surface area contributed by atoms with Crippen LogP contribution in [0.15, 0.2) is 83.5 Å². The highest BCUT2D eigenvalue weighted by Crippen LogP contribution is 2.31. The first-order chi connectivity index (χ1) is 15.1. The number of carbonyl (C=O) groups excluding carboxylic acids is 1. The molecule has 0 fully saturated rings. The van der Waals surface area contributed by atoms with Crippen molar-refractivity contribution in [2.75, 3.05) is 6.61 Å². The molecule has 0 spiro atoms. The SMILES string of the molecule is CCOc1cc(/C=C2\N=C(c3cccc(C)c3)OC2=O)ccc1OCc1ccccc1. The molecule has 0 saturated heterocycles. The van der Waals surface area contributed by atoms with Crippen molar-refractivity contribution in [2.24, 2.45) is 4.99 Å². The Kier molecular flexibility index (Phi) is 6.13. The molecule has 0 bridgehead atoms. The third-order valence-corrected chi connectivity index (χ3v) is 4.69. The van der Waals surface area contributed by atoms with E-state index in [-0.39, 0.29) is 5.70 Å². The summed E-state index contributed by atoms with van der Waals surface area (Å²) in [6, 6.07) is 23.2. The van der Waals surface area contributed by atoms with E-state index in [0.717, 1.165) is 22.3 Å². The summed E-state index contributed by atoms with van der Waals surface area (Å²) < 4.78 is 17.1. The average molecular weight is 413 g/mol. The van der Waals surface area contributed by atoms with Gasteiger partial charge in [-0.05, 0) is 55.3 Å². The highest BCUT2D eigenvalue weighted by atomic mass is 16.6. The topological polar surface area (TPSA) is 57.1 Å². The number of ether oxygens (including phenoxy) is 3. The van der Waals surface area contributed by atoms with E-state index in [1.807, 2.05) is 86.6 Å². The molecule has 0 radical (unpaired) electrons. The smallest absolute Gasteiger partial charge is 0.363 e. The molecule has 0 amide bonds. The van der Waals surface area contributed by atoms with Crippen LogP contribution in [0, 0.1) is 6.92 Å². The summed E-state index contributed by atoms with van der Waals surface area (Å²) in [5.74, 6) is 1.10. The minimum atomic E-state index is -0.473. The fourth-order valence-corrected chi connectivity index (χ4v) is 3.21. The van der Waals surface area contributed by atoms with Crippen LogP contribution in [0.3, 0.4) is 0 Å². The maximum absolute atomic E-state index is 12.3. The maximum atomic E-state index is 12.3. The normalized spacial score (nSPS) is 14.3. The molecule has 0 atom stereocenters. The second-order valence-corrected chi connectivity index (χ2v) is 7.12. The number of aryl methyl sites for hydroxylation is 1.